The Balaban J connectivity index is 1.94. The van der Waals surface area contributed by atoms with E-state index in [1.54, 1.807) is 42.5 Å². The van der Waals surface area contributed by atoms with Gasteiger partial charge in [0.1, 0.15) is 11.7 Å². The molecule has 0 bridgehead atoms. The van der Waals surface area contributed by atoms with E-state index < -0.39 is 11.9 Å². The number of fused-ring (bicyclic) bond motifs is 1. The van der Waals surface area contributed by atoms with E-state index >= 15 is 0 Å². The standard InChI is InChI=1S/C22H24N6O4/c1-32-19(30)8-10-26-22(31)15-6-7-17-16(12-15)27-21(28(17)11-9-18(23)29)14-4-2-13(3-5-14)20(24)25/h2-7,12H,8-11H2,1H3,(H2,23,29)(H3,24,25)(H,26,31). The number of hydrogen-bond donors (Lipinski definition) is 4. The lowest BCUT2D eigenvalue weighted by molar-refractivity contribution is -0.140. The van der Waals surface area contributed by atoms with Crippen LogP contribution in [0.5, 0.6) is 0 Å². The molecule has 0 radical (unpaired) electrons. The number of aromatic nitrogens is 2. The number of amides is 2. The van der Waals surface area contributed by atoms with E-state index in [2.05, 4.69) is 15.0 Å². The lowest BCUT2D eigenvalue weighted by Gasteiger charge is -2.09. The highest BCUT2D eigenvalue weighted by Gasteiger charge is 2.16. The third-order valence-electron chi connectivity index (χ3n) is 4.89. The van der Waals surface area contributed by atoms with E-state index in [9.17, 15) is 14.4 Å². The first-order valence-corrected chi connectivity index (χ1v) is 9.88. The average Bonchev–Trinajstić information content (AvgIpc) is 3.15. The molecule has 0 aliphatic carbocycles. The Labute approximate surface area is 184 Å². The van der Waals surface area contributed by atoms with Gasteiger partial charge in [0.25, 0.3) is 5.91 Å². The zero-order valence-corrected chi connectivity index (χ0v) is 17.6. The monoisotopic (exact) mass is 436 g/mol. The fraction of sp³-hybridized carbons (Fsp3) is 0.227. The number of nitrogens with zero attached hydrogens (tertiary/aromatic N) is 2. The van der Waals surface area contributed by atoms with Crippen LogP contribution >= 0.6 is 0 Å². The molecule has 0 unspecified atom stereocenters. The number of ether oxygens (including phenoxy) is 1. The van der Waals surface area contributed by atoms with Gasteiger partial charge in [-0.25, -0.2) is 4.98 Å². The second-order valence-corrected chi connectivity index (χ2v) is 7.08. The number of nitrogens with two attached hydrogens (primary N) is 2. The lowest BCUT2D eigenvalue weighted by atomic mass is 10.1. The van der Waals surface area contributed by atoms with Crippen LogP contribution < -0.4 is 16.8 Å². The summed E-state index contributed by atoms with van der Waals surface area (Å²) in [6.07, 6.45) is 0.201. The van der Waals surface area contributed by atoms with Crippen LogP contribution in [0.4, 0.5) is 0 Å². The molecule has 0 spiro atoms. The molecule has 2 aromatic carbocycles. The summed E-state index contributed by atoms with van der Waals surface area (Å²) in [4.78, 5) is 39.7. The van der Waals surface area contributed by atoms with E-state index in [1.165, 1.54) is 7.11 Å². The van der Waals surface area contributed by atoms with Crippen molar-refractivity contribution in [2.45, 2.75) is 19.4 Å². The van der Waals surface area contributed by atoms with Gasteiger partial charge < -0.3 is 26.1 Å². The summed E-state index contributed by atoms with van der Waals surface area (Å²) < 4.78 is 6.42. The second-order valence-electron chi connectivity index (χ2n) is 7.08. The van der Waals surface area contributed by atoms with Gasteiger partial charge in [-0.1, -0.05) is 24.3 Å². The Kier molecular flexibility index (Phi) is 6.83. The Morgan fingerprint density at radius 2 is 1.75 bits per heavy atom. The molecule has 3 rings (SSSR count). The maximum Gasteiger partial charge on any atom is 0.307 e. The van der Waals surface area contributed by atoms with E-state index in [4.69, 9.17) is 16.9 Å². The molecule has 0 atom stereocenters. The van der Waals surface area contributed by atoms with E-state index in [-0.39, 0.29) is 31.1 Å². The zero-order chi connectivity index (χ0) is 23.3. The Morgan fingerprint density at radius 3 is 2.38 bits per heavy atom. The van der Waals surface area contributed by atoms with Crippen molar-refractivity contribution in [1.29, 1.82) is 5.41 Å². The number of nitrogen functional groups attached to an aromatic ring is 1. The third kappa shape index (κ3) is 5.09. The second kappa shape index (κ2) is 9.73. The molecule has 6 N–H and O–H groups in total. The third-order valence-corrected chi connectivity index (χ3v) is 4.89. The summed E-state index contributed by atoms with van der Waals surface area (Å²) in [5.74, 6) is -0.628. The van der Waals surface area contributed by atoms with E-state index in [0.29, 0.717) is 29.0 Å². The number of primary amides is 1. The van der Waals surface area contributed by atoms with Crippen LogP contribution in [-0.2, 0) is 20.9 Å². The van der Waals surface area contributed by atoms with Crippen molar-refractivity contribution in [3.8, 4) is 11.4 Å². The Hall–Kier alpha value is -4.21. The van der Waals surface area contributed by atoms with Gasteiger partial charge in [-0.2, -0.15) is 0 Å². The fourth-order valence-corrected chi connectivity index (χ4v) is 3.22. The van der Waals surface area contributed by atoms with Gasteiger partial charge in [0, 0.05) is 36.2 Å². The van der Waals surface area contributed by atoms with Crippen LogP contribution in [0, 0.1) is 5.41 Å². The van der Waals surface area contributed by atoms with Crippen molar-refractivity contribution in [1.82, 2.24) is 14.9 Å². The topological polar surface area (TPSA) is 166 Å². The highest BCUT2D eigenvalue weighted by atomic mass is 16.5. The van der Waals surface area contributed by atoms with Crippen LogP contribution in [0.15, 0.2) is 42.5 Å². The summed E-state index contributed by atoms with van der Waals surface area (Å²) in [5.41, 5.74) is 13.9. The van der Waals surface area contributed by atoms with E-state index in [0.717, 1.165) is 11.1 Å². The van der Waals surface area contributed by atoms with Gasteiger partial charge >= 0.3 is 5.97 Å². The Morgan fingerprint density at radius 1 is 1.06 bits per heavy atom. The number of imidazole rings is 1. The first-order chi connectivity index (χ1) is 15.3. The van der Waals surface area contributed by atoms with Crippen molar-refractivity contribution in [3.63, 3.8) is 0 Å². The smallest absolute Gasteiger partial charge is 0.307 e. The van der Waals surface area contributed by atoms with Gasteiger partial charge in [0.05, 0.1) is 24.6 Å². The minimum atomic E-state index is -0.439. The van der Waals surface area contributed by atoms with Crippen LogP contribution in [-0.4, -0.2) is 46.8 Å². The predicted octanol–water partition coefficient (Wildman–Crippen LogP) is 1.16. The SMILES string of the molecule is COC(=O)CCNC(=O)c1ccc2c(c1)nc(-c1ccc(C(=N)N)cc1)n2CCC(N)=O. The van der Waals surface area contributed by atoms with Gasteiger partial charge in [-0.3, -0.25) is 19.8 Å². The molecule has 2 amide bonds. The maximum atomic E-state index is 12.4. The summed E-state index contributed by atoms with van der Waals surface area (Å²) in [6.45, 7) is 0.477. The highest BCUT2D eigenvalue weighted by molar-refractivity contribution is 5.98. The number of esters is 1. The average molecular weight is 436 g/mol. The van der Waals surface area contributed by atoms with Crippen molar-refractivity contribution in [3.05, 3.63) is 53.6 Å². The molecule has 0 fully saturated rings. The minimum Gasteiger partial charge on any atom is -0.469 e. The number of aryl methyl sites for hydroxylation is 1. The molecule has 10 nitrogen and oxygen atoms in total. The molecule has 3 aromatic rings. The van der Waals surface area contributed by atoms with Crippen molar-refractivity contribution in [2.24, 2.45) is 11.5 Å². The number of hydrogen-bond acceptors (Lipinski definition) is 6. The quantitative estimate of drug-likeness (QED) is 0.223. The Bertz CT molecular complexity index is 1180. The normalized spacial score (nSPS) is 10.7. The van der Waals surface area contributed by atoms with Gasteiger partial charge in [0.15, 0.2) is 0 Å². The molecule has 0 aliphatic heterocycles. The number of amidine groups is 1. The predicted molar refractivity (Wildman–Crippen MR) is 119 cm³/mol. The molecule has 0 saturated carbocycles. The van der Waals surface area contributed by atoms with Gasteiger partial charge in [-0.15, -0.1) is 0 Å². The number of rotatable bonds is 9. The maximum absolute atomic E-state index is 12.4. The molecular weight excluding hydrogens is 412 g/mol. The molecular formula is C22H24N6O4. The van der Waals surface area contributed by atoms with Crippen LogP contribution in [0.25, 0.3) is 22.4 Å². The zero-order valence-electron chi connectivity index (χ0n) is 17.6. The van der Waals surface area contributed by atoms with Gasteiger partial charge in [-0.05, 0) is 18.2 Å². The first-order valence-electron chi connectivity index (χ1n) is 9.88. The van der Waals surface area contributed by atoms with Crippen molar-refractivity contribution in [2.75, 3.05) is 13.7 Å². The molecule has 1 aromatic heterocycles. The lowest BCUT2D eigenvalue weighted by Crippen LogP contribution is -2.26. The molecule has 10 heteroatoms. The number of methoxy groups -OCH3 is 1. The molecule has 0 saturated heterocycles. The van der Waals surface area contributed by atoms with Crippen molar-refractivity contribution < 1.29 is 19.1 Å². The van der Waals surface area contributed by atoms with Gasteiger partial charge in [0.2, 0.25) is 5.91 Å². The fourth-order valence-electron chi connectivity index (χ4n) is 3.22. The van der Waals surface area contributed by atoms with Crippen LogP contribution in [0.1, 0.15) is 28.8 Å². The number of carbonyl (C=O) groups excluding carboxylic acids is 3. The summed E-state index contributed by atoms with van der Waals surface area (Å²) in [7, 11) is 1.29. The summed E-state index contributed by atoms with van der Waals surface area (Å²) >= 11 is 0. The van der Waals surface area contributed by atoms with Crippen LogP contribution in [0.2, 0.25) is 0 Å². The first kappa shape index (κ1) is 22.5. The number of benzene rings is 2. The summed E-state index contributed by atoms with van der Waals surface area (Å²) in [5, 5.41) is 10.2. The molecule has 166 valence electrons. The minimum absolute atomic E-state index is 0.0402. The van der Waals surface area contributed by atoms with Crippen molar-refractivity contribution >= 4 is 34.7 Å². The molecule has 1 heterocycles. The summed E-state index contributed by atoms with van der Waals surface area (Å²) in [6, 6.07) is 12.1. The highest BCUT2D eigenvalue weighted by Crippen LogP contribution is 2.26. The van der Waals surface area contributed by atoms with E-state index in [1.807, 2.05) is 4.57 Å². The largest absolute Gasteiger partial charge is 0.469 e. The molecule has 32 heavy (non-hydrogen) atoms. The number of nitrogens with one attached hydrogen (secondary N) is 2. The van der Waals surface area contributed by atoms with Crippen LogP contribution in [0.3, 0.4) is 0 Å². The number of carbonyl (C=O) groups is 3. The molecule has 0 aliphatic rings.